The molecule has 7 heteroatoms. The molecule has 0 fully saturated rings. The lowest BCUT2D eigenvalue weighted by Crippen LogP contribution is -2.21. The fourth-order valence-electron chi connectivity index (χ4n) is 1.76. The summed E-state index contributed by atoms with van der Waals surface area (Å²) in [6, 6.07) is 11.7. The minimum absolute atomic E-state index is 0.388. The second-order valence-electron chi connectivity index (χ2n) is 4.48. The number of rotatable bonds is 5. The normalized spacial score (nSPS) is 10.0. The van der Waals surface area contributed by atoms with E-state index in [2.05, 4.69) is 27.9 Å². The first kappa shape index (κ1) is 17.6. The lowest BCUT2D eigenvalue weighted by Gasteiger charge is -2.10. The van der Waals surface area contributed by atoms with Gasteiger partial charge in [0.2, 0.25) is 0 Å². The van der Waals surface area contributed by atoms with Crippen molar-refractivity contribution in [1.29, 1.82) is 0 Å². The van der Waals surface area contributed by atoms with Crippen LogP contribution in [0.25, 0.3) is 0 Å². The lowest BCUT2D eigenvalue weighted by molar-refractivity contribution is -0.119. The van der Waals surface area contributed by atoms with Crippen molar-refractivity contribution in [2.45, 2.75) is 0 Å². The minimum atomic E-state index is -0.561. The fourth-order valence-corrected chi connectivity index (χ4v) is 2.30. The Hall–Kier alpha value is -1.80. The molecule has 2 aromatic carbocycles. The summed E-state index contributed by atoms with van der Waals surface area (Å²) >= 11 is 8.02. The number of hydrogen-bond donors (Lipinski definition) is 1. The number of ether oxygens (including phenoxy) is 2. The number of carbonyl (C=O) groups excluding carboxylic acids is 2. The van der Waals surface area contributed by atoms with Gasteiger partial charge < -0.3 is 14.8 Å². The van der Waals surface area contributed by atoms with Crippen molar-refractivity contribution < 1.29 is 19.1 Å². The molecular formula is C16H13ClINO4. The first-order chi connectivity index (χ1) is 11.0. The second-order valence-corrected chi connectivity index (χ2v) is 6.16. The number of benzene rings is 2. The molecule has 0 atom stereocenters. The Bertz CT molecular complexity index is 719. The number of carbonyl (C=O) groups is 2. The SMILES string of the molecule is COc1ccc(Cl)cc1NC(=O)COC(=O)c1ccc(I)cc1. The van der Waals surface area contributed by atoms with Gasteiger partial charge in [-0.05, 0) is 65.1 Å². The third kappa shape index (κ3) is 5.11. The van der Waals surface area contributed by atoms with Crippen molar-refractivity contribution in [2.75, 3.05) is 19.0 Å². The summed E-state index contributed by atoms with van der Waals surface area (Å²) in [5.41, 5.74) is 0.800. The summed E-state index contributed by atoms with van der Waals surface area (Å²) in [4.78, 5) is 23.7. The summed E-state index contributed by atoms with van der Waals surface area (Å²) in [7, 11) is 1.48. The average Bonchev–Trinajstić information content (AvgIpc) is 2.53. The van der Waals surface area contributed by atoms with Gasteiger partial charge in [0.15, 0.2) is 6.61 Å². The highest BCUT2D eigenvalue weighted by Gasteiger charge is 2.12. The number of esters is 1. The molecule has 0 aromatic heterocycles. The standard InChI is InChI=1S/C16H13ClINO4/c1-22-14-7-4-11(17)8-13(14)19-15(20)9-23-16(21)10-2-5-12(18)6-3-10/h2-8H,9H2,1H3,(H,19,20). The largest absolute Gasteiger partial charge is 0.495 e. The van der Waals surface area contributed by atoms with Crippen LogP contribution >= 0.6 is 34.2 Å². The van der Waals surface area contributed by atoms with E-state index < -0.39 is 18.5 Å². The molecule has 0 aliphatic rings. The van der Waals surface area contributed by atoms with Crippen LogP contribution in [0.3, 0.4) is 0 Å². The van der Waals surface area contributed by atoms with Gasteiger partial charge in [0, 0.05) is 8.59 Å². The Labute approximate surface area is 152 Å². The number of amides is 1. The van der Waals surface area contributed by atoms with Crippen LogP contribution in [0.1, 0.15) is 10.4 Å². The number of anilines is 1. The number of nitrogens with one attached hydrogen (secondary N) is 1. The first-order valence-corrected chi connectivity index (χ1v) is 8.01. The van der Waals surface area contributed by atoms with E-state index >= 15 is 0 Å². The van der Waals surface area contributed by atoms with Crippen molar-refractivity contribution >= 4 is 51.8 Å². The Morgan fingerprint density at radius 3 is 2.52 bits per heavy atom. The molecule has 2 rings (SSSR count). The average molecular weight is 446 g/mol. The highest BCUT2D eigenvalue weighted by atomic mass is 127. The van der Waals surface area contributed by atoms with Gasteiger partial charge in [-0.2, -0.15) is 0 Å². The predicted octanol–water partition coefficient (Wildman–Crippen LogP) is 3.75. The highest BCUT2D eigenvalue weighted by Crippen LogP contribution is 2.27. The Morgan fingerprint density at radius 1 is 1.17 bits per heavy atom. The molecule has 0 saturated carbocycles. The van der Waals surface area contributed by atoms with Gasteiger partial charge in [-0.15, -0.1) is 0 Å². The van der Waals surface area contributed by atoms with Crippen LogP contribution in [-0.2, 0) is 9.53 Å². The fraction of sp³-hybridized carbons (Fsp3) is 0.125. The monoisotopic (exact) mass is 445 g/mol. The summed E-state index contributed by atoms with van der Waals surface area (Å²) in [5.74, 6) is -0.578. The summed E-state index contributed by atoms with van der Waals surface area (Å²) in [5, 5.41) is 3.05. The third-order valence-electron chi connectivity index (χ3n) is 2.85. The van der Waals surface area contributed by atoms with E-state index in [4.69, 9.17) is 21.1 Å². The van der Waals surface area contributed by atoms with Crippen LogP contribution in [0.2, 0.25) is 5.02 Å². The quantitative estimate of drug-likeness (QED) is 0.562. The molecule has 0 aliphatic carbocycles. The van der Waals surface area contributed by atoms with Crippen LogP contribution in [0, 0.1) is 3.57 Å². The van der Waals surface area contributed by atoms with Crippen LogP contribution in [0.15, 0.2) is 42.5 Å². The van der Waals surface area contributed by atoms with Crippen molar-refractivity contribution in [3.8, 4) is 5.75 Å². The summed E-state index contributed by atoms with van der Waals surface area (Å²) in [6.45, 7) is -0.402. The topological polar surface area (TPSA) is 64.6 Å². The van der Waals surface area contributed by atoms with Gasteiger partial charge in [0.05, 0.1) is 18.4 Å². The van der Waals surface area contributed by atoms with Crippen LogP contribution in [0.5, 0.6) is 5.75 Å². The predicted molar refractivity (Wildman–Crippen MR) is 96.1 cm³/mol. The zero-order valence-corrected chi connectivity index (χ0v) is 15.1. The molecule has 5 nitrogen and oxygen atoms in total. The van der Waals surface area contributed by atoms with Crippen molar-refractivity contribution in [3.63, 3.8) is 0 Å². The molecule has 0 spiro atoms. The molecule has 1 N–H and O–H groups in total. The summed E-state index contributed by atoms with van der Waals surface area (Å²) in [6.07, 6.45) is 0. The minimum Gasteiger partial charge on any atom is -0.495 e. The highest BCUT2D eigenvalue weighted by molar-refractivity contribution is 14.1. The maximum Gasteiger partial charge on any atom is 0.338 e. The molecule has 0 saturated heterocycles. The summed E-state index contributed by atoms with van der Waals surface area (Å²) < 4.78 is 11.1. The Kier molecular flexibility index (Phi) is 6.23. The molecule has 0 unspecified atom stereocenters. The molecule has 0 aliphatic heterocycles. The number of halogens is 2. The lowest BCUT2D eigenvalue weighted by atomic mass is 10.2. The maximum atomic E-state index is 11.9. The molecule has 120 valence electrons. The molecule has 2 aromatic rings. The van der Waals surface area contributed by atoms with Crippen LogP contribution in [-0.4, -0.2) is 25.6 Å². The zero-order valence-electron chi connectivity index (χ0n) is 12.1. The van der Waals surface area contributed by atoms with Crippen LogP contribution in [0.4, 0.5) is 5.69 Å². The van der Waals surface area contributed by atoms with E-state index in [9.17, 15) is 9.59 Å². The van der Waals surface area contributed by atoms with Gasteiger partial charge in [0.25, 0.3) is 5.91 Å². The smallest absolute Gasteiger partial charge is 0.338 e. The van der Waals surface area contributed by atoms with Gasteiger partial charge in [-0.1, -0.05) is 11.6 Å². The van der Waals surface area contributed by atoms with E-state index in [1.807, 2.05) is 0 Å². The van der Waals surface area contributed by atoms with E-state index in [1.165, 1.54) is 7.11 Å². The van der Waals surface area contributed by atoms with Gasteiger partial charge in [0.1, 0.15) is 5.75 Å². The van der Waals surface area contributed by atoms with Gasteiger partial charge in [-0.3, -0.25) is 4.79 Å². The molecule has 0 bridgehead atoms. The van der Waals surface area contributed by atoms with E-state index in [0.717, 1.165) is 3.57 Å². The first-order valence-electron chi connectivity index (χ1n) is 6.55. The molecule has 23 heavy (non-hydrogen) atoms. The molecular weight excluding hydrogens is 433 g/mol. The van der Waals surface area contributed by atoms with Gasteiger partial charge >= 0.3 is 5.97 Å². The Balaban J connectivity index is 1.94. The third-order valence-corrected chi connectivity index (χ3v) is 3.80. The zero-order chi connectivity index (χ0) is 16.8. The number of hydrogen-bond acceptors (Lipinski definition) is 4. The Morgan fingerprint density at radius 2 is 1.87 bits per heavy atom. The maximum absolute atomic E-state index is 11.9. The van der Waals surface area contributed by atoms with E-state index in [-0.39, 0.29) is 0 Å². The van der Waals surface area contributed by atoms with Crippen LogP contribution < -0.4 is 10.1 Å². The van der Waals surface area contributed by atoms with Crippen molar-refractivity contribution in [1.82, 2.24) is 0 Å². The molecule has 0 radical (unpaired) electrons. The van der Waals surface area contributed by atoms with Crippen molar-refractivity contribution in [3.05, 3.63) is 56.6 Å². The van der Waals surface area contributed by atoms with E-state index in [1.54, 1.807) is 42.5 Å². The second kappa shape index (κ2) is 8.16. The van der Waals surface area contributed by atoms with Crippen molar-refractivity contribution in [2.24, 2.45) is 0 Å². The van der Waals surface area contributed by atoms with Gasteiger partial charge in [-0.25, -0.2) is 4.79 Å². The molecule has 0 heterocycles. The molecule has 1 amide bonds. The van der Waals surface area contributed by atoms with E-state index in [0.29, 0.717) is 22.0 Å². The number of methoxy groups -OCH3 is 1.